The smallest absolute Gasteiger partial charge is 0.261 e. The molecule has 1 N–H and O–H groups in total. The minimum Gasteiger partial charge on any atom is -0.494 e. The number of Topliss-reactive ketones (excluding diaryl/α,β-unsaturated/α-hetero) is 1. The molecule has 0 saturated heterocycles. The maximum Gasteiger partial charge on any atom is 0.261 e. The molecule has 1 aliphatic carbocycles. The zero-order chi connectivity index (χ0) is 24.3. The molecule has 1 amide bonds. The molecule has 1 aliphatic heterocycles. The van der Waals surface area contributed by atoms with Crippen molar-refractivity contribution in [2.75, 3.05) is 18.4 Å². The van der Waals surface area contributed by atoms with E-state index in [2.05, 4.69) is 9.71 Å². The first-order chi connectivity index (χ1) is 16.3. The second-order valence-corrected chi connectivity index (χ2v) is 10.3. The maximum atomic E-state index is 13.2. The molecule has 1 heterocycles. The molecule has 1 atom stereocenters. The van der Waals surface area contributed by atoms with E-state index in [0.29, 0.717) is 23.7 Å². The van der Waals surface area contributed by atoms with Crippen LogP contribution in [0.15, 0.2) is 52.4 Å². The third-order valence-electron chi connectivity index (χ3n) is 6.34. The summed E-state index contributed by atoms with van der Waals surface area (Å²) in [5, 5.41) is 0. The van der Waals surface area contributed by atoms with E-state index in [1.54, 1.807) is 36.2 Å². The monoisotopic (exact) mass is 483 g/mol. The first kappa shape index (κ1) is 23.9. The van der Waals surface area contributed by atoms with Crippen LogP contribution in [-0.2, 0) is 14.8 Å². The van der Waals surface area contributed by atoms with Gasteiger partial charge in [0.2, 0.25) is 5.91 Å². The van der Waals surface area contributed by atoms with Gasteiger partial charge in [0.25, 0.3) is 10.0 Å². The number of carbonyl (C=O) groups excluding carboxylic acids is 2. The second-order valence-electron chi connectivity index (χ2n) is 8.60. The number of anilines is 1. The van der Waals surface area contributed by atoms with E-state index >= 15 is 0 Å². The Morgan fingerprint density at radius 2 is 1.82 bits per heavy atom. The highest BCUT2D eigenvalue weighted by Crippen LogP contribution is 2.31. The number of aliphatic imine (C=N–C) groups is 1. The summed E-state index contributed by atoms with van der Waals surface area (Å²) in [6.07, 6.45) is 6.53. The summed E-state index contributed by atoms with van der Waals surface area (Å²) in [4.78, 5) is 32.2. The molecule has 180 valence electrons. The quantitative estimate of drug-likeness (QED) is 0.595. The Labute approximate surface area is 200 Å². The standard InChI is InChI=1S/C25H29N3O5S/c1-3-33-19-11-9-17(10-12-19)27-34(31,32)20-13-14-23-21(15-20)24(29)22(16-26-23)25(30)28(2)18-7-5-4-6-8-18/h9-16,18,22,27H,3-8H2,1-2H3. The fraction of sp³-hybridized carbons (Fsp3) is 0.400. The highest BCUT2D eigenvalue weighted by atomic mass is 32.2. The lowest BCUT2D eigenvalue weighted by molar-refractivity contribution is -0.133. The molecule has 1 unspecified atom stereocenters. The number of nitrogens with zero attached hydrogens (tertiary/aromatic N) is 2. The van der Waals surface area contributed by atoms with Crippen LogP contribution >= 0.6 is 0 Å². The van der Waals surface area contributed by atoms with Gasteiger partial charge < -0.3 is 9.64 Å². The summed E-state index contributed by atoms with van der Waals surface area (Å²) in [5.41, 5.74) is 0.856. The SMILES string of the molecule is CCOc1ccc(NS(=O)(=O)c2ccc3c(c2)C(=O)C(C(=O)N(C)C2CCCCC2)C=N3)cc1. The Balaban J connectivity index is 1.53. The molecule has 0 radical (unpaired) electrons. The molecule has 0 spiro atoms. The minimum absolute atomic E-state index is 0.0718. The second kappa shape index (κ2) is 9.97. The number of fused-ring (bicyclic) bond motifs is 1. The van der Waals surface area contributed by atoms with Gasteiger partial charge in [-0.1, -0.05) is 19.3 Å². The van der Waals surface area contributed by atoms with Gasteiger partial charge in [0.05, 0.1) is 17.2 Å². The molecule has 4 rings (SSSR count). The predicted molar refractivity (Wildman–Crippen MR) is 130 cm³/mol. The Morgan fingerprint density at radius 1 is 1.12 bits per heavy atom. The van der Waals surface area contributed by atoms with Crippen molar-refractivity contribution in [3.8, 4) is 5.75 Å². The Morgan fingerprint density at radius 3 is 2.50 bits per heavy atom. The lowest BCUT2D eigenvalue weighted by Gasteiger charge is -2.33. The van der Waals surface area contributed by atoms with Crippen LogP contribution in [0.2, 0.25) is 0 Å². The summed E-state index contributed by atoms with van der Waals surface area (Å²) in [6.45, 7) is 2.38. The molecule has 0 aromatic heterocycles. The van der Waals surface area contributed by atoms with Crippen LogP contribution in [0.25, 0.3) is 0 Å². The molecular weight excluding hydrogens is 454 g/mol. The number of ketones is 1. The van der Waals surface area contributed by atoms with E-state index in [9.17, 15) is 18.0 Å². The molecule has 34 heavy (non-hydrogen) atoms. The Kier molecular flexibility index (Phi) is 7.02. The molecule has 2 aliphatic rings. The van der Waals surface area contributed by atoms with Crippen LogP contribution in [0, 0.1) is 5.92 Å². The summed E-state index contributed by atoms with van der Waals surface area (Å²) in [5.74, 6) is -1.14. The van der Waals surface area contributed by atoms with Gasteiger partial charge in [-0.05, 0) is 62.2 Å². The normalized spacial score (nSPS) is 18.3. The third kappa shape index (κ3) is 4.99. The fourth-order valence-corrected chi connectivity index (χ4v) is 5.51. The topological polar surface area (TPSA) is 105 Å². The van der Waals surface area contributed by atoms with E-state index < -0.39 is 21.7 Å². The molecule has 9 heteroatoms. The zero-order valence-corrected chi connectivity index (χ0v) is 20.2. The van der Waals surface area contributed by atoms with Gasteiger partial charge in [0.1, 0.15) is 11.7 Å². The number of nitrogens with one attached hydrogen (secondary N) is 1. The molecule has 1 fully saturated rings. The van der Waals surface area contributed by atoms with Crippen LogP contribution < -0.4 is 9.46 Å². The fourth-order valence-electron chi connectivity index (χ4n) is 4.43. The van der Waals surface area contributed by atoms with Crippen molar-refractivity contribution in [2.45, 2.75) is 50.0 Å². The minimum atomic E-state index is -3.96. The average molecular weight is 484 g/mol. The molecule has 2 aromatic carbocycles. The van der Waals surface area contributed by atoms with Crippen molar-refractivity contribution in [3.05, 3.63) is 48.0 Å². The molecule has 8 nitrogen and oxygen atoms in total. The van der Waals surface area contributed by atoms with Gasteiger partial charge >= 0.3 is 0 Å². The molecular formula is C25H29N3O5S. The van der Waals surface area contributed by atoms with Crippen LogP contribution in [-0.4, -0.2) is 50.9 Å². The first-order valence-corrected chi connectivity index (χ1v) is 13.0. The van der Waals surface area contributed by atoms with Crippen molar-refractivity contribution in [1.82, 2.24) is 4.90 Å². The van der Waals surface area contributed by atoms with Crippen molar-refractivity contribution in [1.29, 1.82) is 0 Å². The lowest BCUT2D eigenvalue weighted by Crippen LogP contribution is -2.45. The Hall–Kier alpha value is -3.20. The Bertz CT molecular complexity index is 1200. The predicted octanol–water partition coefficient (Wildman–Crippen LogP) is 4.19. The van der Waals surface area contributed by atoms with Crippen LogP contribution in [0.1, 0.15) is 49.4 Å². The zero-order valence-electron chi connectivity index (χ0n) is 19.4. The highest BCUT2D eigenvalue weighted by molar-refractivity contribution is 7.92. The van der Waals surface area contributed by atoms with Crippen molar-refractivity contribution in [3.63, 3.8) is 0 Å². The van der Waals surface area contributed by atoms with Gasteiger partial charge in [0.15, 0.2) is 5.78 Å². The van der Waals surface area contributed by atoms with Crippen molar-refractivity contribution in [2.24, 2.45) is 10.9 Å². The summed E-state index contributed by atoms with van der Waals surface area (Å²) >= 11 is 0. The van der Waals surface area contributed by atoms with Crippen LogP contribution in [0.5, 0.6) is 5.75 Å². The van der Waals surface area contributed by atoms with Crippen LogP contribution in [0.3, 0.4) is 0 Å². The van der Waals surface area contributed by atoms with Gasteiger partial charge in [-0.2, -0.15) is 0 Å². The third-order valence-corrected chi connectivity index (χ3v) is 7.72. The number of carbonyl (C=O) groups is 2. The number of hydrogen-bond acceptors (Lipinski definition) is 6. The van der Waals surface area contributed by atoms with Crippen molar-refractivity contribution < 1.29 is 22.7 Å². The van der Waals surface area contributed by atoms with Crippen molar-refractivity contribution >= 4 is 39.3 Å². The van der Waals surface area contributed by atoms with Gasteiger partial charge in [-0.15, -0.1) is 0 Å². The highest BCUT2D eigenvalue weighted by Gasteiger charge is 2.35. The molecule has 2 aromatic rings. The maximum absolute atomic E-state index is 13.2. The van der Waals surface area contributed by atoms with E-state index in [1.165, 1.54) is 24.4 Å². The number of hydrogen-bond donors (Lipinski definition) is 1. The first-order valence-electron chi connectivity index (χ1n) is 11.5. The van der Waals surface area contributed by atoms with E-state index in [1.807, 2.05) is 6.92 Å². The van der Waals surface area contributed by atoms with E-state index in [0.717, 1.165) is 32.1 Å². The average Bonchev–Trinajstić information content (AvgIpc) is 2.85. The summed E-state index contributed by atoms with van der Waals surface area (Å²) in [7, 11) is -2.22. The largest absolute Gasteiger partial charge is 0.494 e. The summed E-state index contributed by atoms with van der Waals surface area (Å²) in [6, 6.07) is 10.9. The number of amides is 1. The number of benzene rings is 2. The number of sulfonamides is 1. The van der Waals surface area contributed by atoms with Gasteiger partial charge in [0, 0.05) is 30.6 Å². The molecule has 1 saturated carbocycles. The summed E-state index contributed by atoms with van der Waals surface area (Å²) < 4.78 is 33.8. The van der Waals surface area contributed by atoms with Gasteiger partial charge in [-0.3, -0.25) is 19.3 Å². The van der Waals surface area contributed by atoms with Crippen LogP contribution in [0.4, 0.5) is 11.4 Å². The lowest BCUT2D eigenvalue weighted by atomic mass is 9.90. The van der Waals surface area contributed by atoms with Gasteiger partial charge in [-0.25, -0.2) is 8.42 Å². The van der Waals surface area contributed by atoms with E-state index in [4.69, 9.17) is 4.74 Å². The molecule has 0 bridgehead atoms. The number of ether oxygens (including phenoxy) is 1. The van der Waals surface area contributed by atoms with E-state index in [-0.39, 0.29) is 22.4 Å². The number of rotatable bonds is 7.